The fourth-order valence-electron chi connectivity index (χ4n) is 0. The Morgan fingerprint density at radius 3 is 1.00 bits per heavy atom. The number of hydrogen-bond donors (Lipinski definition) is 1. The Balaban J connectivity index is -0.0000000112. The zero-order valence-electron chi connectivity index (χ0n) is 6.13. The van der Waals surface area contributed by atoms with Crippen LogP contribution in [-0.4, -0.2) is 10.4 Å². The van der Waals surface area contributed by atoms with Gasteiger partial charge in [0.15, 0.2) is 0 Å². The van der Waals surface area contributed by atoms with E-state index in [-0.39, 0.29) is 81.7 Å². The van der Waals surface area contributed by atoms with Gasteiger partial charge in [0.1, 0.15) is 0 Å². The maximum Gasteiger partial charge on any atom is 2.00 e. The molecule has 65 valence electrons. The summed E-state index contributed by atoms with van der Waals surface area (Å²) in [4.78, 5) is 32.6. The second kappa shape index (κ2) is 29.2. The van der Waals surface area contributed by atoms with Crippen molar-refractivity contribution < 1.29 is 110 Å². The molecule has 0 saturated carbocycles. The van der Waals surface area contributed by atoms with E-state index >= 15 is 0 Å². The van der Waals surface area contributed by atoms with E-state index in [1.165, 1.54) is 0 Å². The SMILES string of the molecule is O=[P+]([O-])O.O=[P+]([O-])[O-].[Cu+2].[Na+].[Na+].[OH-]. The maximum absolute atomic E-state index is 8.59. The summed E-state index contributed by atoms with van der Waals surface area (Å²) in [5.74, 6) is 0. The molecule has 1 atom stereocenters. The van der Waals surface area contributed by atoms with Gasteiger partial charge in [-0.15, -0.1) is 0 Å². The molecule has 0 aliphatic carbocycles. The van der Waals surface area contributed by atoms with E-state index in [2.05, 4.69) is 0 Å². The Morgan fingerprint density at radius 2 is 1.00 bits per heavy atom. The molecule has 0 fully saturated rings. The first-order valence-corrected chi connectivity index (χ1v) is 3.34. The van der Waals surface area contributed by atoms with Crippen molar-refractivity contribution in [3.63, 3.8) is 0 Å². The van der Waals surface area contributed by atoms with Crippen molar-refractivity contribution >= 4 is 16.5 Å². The van der Waals surface area contributed by atoms with Crippen molar-refractivity contribution in [1.82, 2.24) is 0 Å². The van der Waals surface area contributed by atoms with Gasteiger partial charge in [0.2, 0.25) is 0 Å². The van der Waals surface area contributed by atoms with Crippen LogP contribution in [-0.2, 0) is 26.2 Å². The molecule has 0 aliphatic heterocycles. The van der Waals surface area contributed by atoms with Gasteiger partial charge in [-0.3, -0.25) is 0 Å². The average Bonchev–Trinajstić information content (AvgIpc) is 1.25. The molecular formula is H2CuNa2O7P2+2. The van der Waals surface area contributed by atoms with Crippen LogP contribution in [0.2, 0.25) is 0 Å². The van der Waals surface area contributed by atoms with Gasteiger partial charge < -0.3 is 20.2 Å². The second-order valence-electron chi connectivity index (χ2n) is 0.461. The minimum absolute atomic E-state index is 0. The monoisotopic (exact) mass is 285 g/mol. The first-order chi connectivity index (χ1) is 3.46. The molecule has 12 heteroatoms. The summed E-state index contributed by atoms with van der Waals surface area (Å²) in [6, 6.07) is 0. The normalized spacial score (nSPS) is 5.83. The van der Waals surface area contributed by atoms with E-state index in [0.29, 0.717) is 0 Å². The maximum atomic E-state index is 8.59. The van der Waals surface area contributed by atoms with E-state index in [0.717, 1.165) is 0 Å². The Morgan fingerprint density at radius 1 is 1.00 bits per heavy atom. The molecule has 0 bridgehead atoms. The largest absolute Gasteiger partial charge is 2.00 e. The van der Waals surface area contributed by atoms with Crippen LogP contribution >= 0.6 is 16.5 Å². The molecule has 0 aliphatic rings. The zero-order valence-corrected chi connectivity index (χ0v) is 12.9. The van der Waals surface area contributed by atoms with Gasteiger partial charge in [-0.05, 0) is 4.57 Å². The summed E-state index contributed by atoms with van der Waals surface area (Å²) < 4.78 is 17.1. The van der Waals surface area contributed by atoms with Crippen LogP contribution in [0.25, 0.3) is 0 Å². The van der Waals surface area contributed by atoms with Gasteiger partial charge in [-0.1, -0.05) is 4.57 Å². The van der Waals surface area contributed by atoms with Gasteiger partial charge in [0, 0.05) is 0 Å². The molecule has 1 unspecified atom stereocenters. The number of rotatable bonds is 0. The predicted octanol–water partition coefficient (Wildman–Crippen LogP) is -8.81. The Bertz CT molecular complexity index is 77.4. The second-order valence-corrected chi connectivity index (χ2v) is 1.38. The summed E-state index contributed by atoms with van der Waals surface area (Å²) in [7, 11) is -6.49. The van der Waals surface area contributed by atoms with Crippen molar-refractivity contribution in [2.24, 2.45) is 0 Å². The topological polar surface area (TPSA) is 154 Å². The summed E-state index contributed by atoms with van der Waals surface area (Å²) in [5, 5.41) is 0. The van der Waals surface area contributed by atoms with Gasteiger partial charge in [-0.25, -0.2) is 0 Å². The molecule has 0 rings (SSSR count). The Labute approximate surface area is 125 Å². The molecule has 0 aromatic heterocycles. The molecule has 0 spiro atoms. The molecule has 0 saturated heterocycles. The van der Waals surface area contributed by atoms with Crippen molar-refractivity contribution in [3.8, 4) is 0 Å². The molecule has 0 heterocycles. The van der Waals surface area contributed by atoms with Crippen molar-refractivity contribution in [1.29, 1.82) is 0 Å². The summed E-state index contributed by atoms with van der Waals surface area (Å²) in [6.07, 6.45) is 0. The third-order valence-electron chi connectivity index (χ3n) is 0. The molecule has 1 radical (unpaired) electrons. The number of hydrogen-bond acceptors (Lipinski definition) is 6. The fraction of sp³-hybridized carbons (Fsp3) is 0. The van der Waals surface area contributed by atoms with Crippen LogP contribution < -0.4 is 73.8 Å². The molecule has 12 heavy (non-hydrogen) atoms. The van der Waals surface area contributed by atoms with E-state index < -0.39 is 16.5 Å². The predicted molar refractivity (Wildman–Crippen MR) is 19.4 cm³/mol. The molecular weight excluding hydrogens is 283 g/mol. The van der Waals surface area contributed by atoms with Crippen LogP contribution in [0.4, 0.5) is 0 Å². The first kappa shape index (κ1) is 36.6. The van der Waals surface area contributed by atoms with Crippen LogP contribution in [0.3, 0.4) is 0 Å². The molecule has 0 amide bonds. The van der Waals surface area contributed by atoms with Gasteiger partial charge in [0.05, 0.1) is 0 Å². The van der Waals surface area contributed by atoms with Crippen LogP contribution in [0.5, 0.6) is 0 Å². The van der Waals surface area contributed by atoms with E-state index in [4.69, 9.17) is 28.7 Å². The quantitative estimate of drug-likeness (QED) is 0.342. The smallest absolute Gasteiger partial charge is 0.870 e. The van der Waals surface area contributed by atoms with Gasteiger partial charge >= 0.3 is 84.4 Å². The minimum atomic E-state index is -3.37. The van der Waals surface area contributed by atoms with E-state index in [1.807, 2.05) is 0 Å². The first-order valence-electron chi connectivity index (χ1n) is 1.11. The summed E-state index contributed by atoms with van der Waals surface area (Å²) in [6.45, 7) is 0. The average molecular weight is 285 g/mol. The molecule has 7 nitrogen and oxygen atoms in total. The third-order valence-corrected chi connectivity index (χ3v) is 0. The summed E-state index contributed by atoms with van der Waals surface area (Å²) >= 11 is 0. The van der Waals surface area contributed by atoms with E-state index in [9.17, 15) is 0 Å². The van der Waals surface area contributed by atoms with Gasteiger partial charge in [0.25, 0.3) is 8.25 Å². The van der Waals surface area contributed by atoms with Crippen LogP contribution in [0.1, 0.15) is 0 Å². The van der Waals surface area contributed by atoms with Crippen molar-refractivity contribution in [2.45, 2.75) is 0 Å². The zero-order chi connectivity index (χ0) is 7.15. The van der Waals surface area contributed by atoms with Crippen molar-refractivity contribution in [2.75, 3.05) is 0 Å². The van der Waals surface area contributed by atoms with Crippen LogP contribution in [0.15, 0.2) is 0 Å². The van der Waals surface area contributed by atoms with Gasteiger partial charge in [-0.2, -0.15) is 4.89 Å². The fourth-order valence-corrected chi connectivity index (χ4v) is 0. The minimum Gasteiger partial charge on any atom is -0.870 e. The molecule has 2 N–H and O–H groups in total. The summed E-state index contributed by atoms with van der Waals surface area (Å²) in [5.41, 5.74) is 0. The standard InChI is InChI=1S/Cu.2Na.2HO3P.H2O/c;;;2*1-4(2)3;/h;;;2*(H,1,2,3);1H2/q+2;2*+1;;;/p-2. The van der Waals surface area contributed by atoms with Crippen LogP contribution in [0, 0.1) is 0 Å². The molecule has 0 aromatic rings. The van der Waals surface area contributed by atoms with E-state index in [1.54, 1.807) is 0 Å². The van der Waals surface area contributed by atoms with Crippen molar-refractivity contribution in [3.05, 3.63) is 0 Å². The third kappa shape index (κ3) is 262. The molecule has 0 aromatic carbocycles. The Hall–Kier alpha value is 2.52. The Kier molecular flexibility index (Phi) is 89.0.